The number of carbonyl (C=O) groups is 1. The van der Waals surface area contributed by atoms with Gasteiger partial charge in [0.2, 0.25) is 5.91 Å². The smallest absolute Gasteiger partial charge is 0.229 e. The van der Waals surface area contributed by atoms with Crippen LogP contribution < -0.4 is 4.90 Å². The molecule has 0 N–H and O–H groups in total. The number of nitrogens with zero attached hydrogens (tertiary/aromatic N) is 3. The highest BCUT2D eigenvalue weighted by molar-refractivity contribution is 7.22. The molecule has 0 unspecified atom stereocenters. The predicted molar refractivity (Wildman–Crippen MR) is 114 cm³/mol. The molecule has 1 aliphatic rings. The van der Waals surface area contributed by atoms with E-state index in [0.717, 1.165) is 29.9 Å². The second-order valence-electron chi connectivity index (χ2n) is 7.07. The van der Waals surface area contributed by atoms with Crippen molar-refractivity contribution in [2.24, 2.45) is 0 Å². The normalized spacial score (nSPS) is 14.9. The Kier molecular flexibility index (Phi) is 6.49. The molecule has 1 aromatic heterocycles. The Bertz CT molecular complexity index is 957. The minimum atomic E-state index is -0.352. The van der Waals surface area contributed by atoms with Gasteiger partial charge in [0.1, 0.15) is 11.3 Å². The van der Waals surface area contributed by atoms with Crippen LogP contribution in [0.1, 0.15) is 12.0 Å². The number of carbonyl (C=O) groups excluding carboxylic acids is 1. The van der Waals surface area contributed by atoms with Crippen molar-refractivity contribution in [3.63, 3.8) is 0 Å². The van der Waals surface area contributed by atoms with E-state index in [4.69, 9.17) is 4.74 Å². The van der Waals surface area contributed by atoms with Gasteiger partial charge in [0.25, 0.3) is 0 Å². The highest BCUT2D eigenvalue weighted by Gasteiger charge is 2.22. The van der Waals surface area contributed by atoms with E-state index in [1.807, 2.05) is 36.4 Å². The SMILES string of the molecule is O=C(CCc1ccccc1)N(CCN1CCOCC1)c1nc2c(F)cccc2s1. The van der Waals surface area contributed by atoms with Gasteiger partial charge in [0, 0.05) is 32.6 Å². The molecule has 1 aliphatic heterocycles. The topological polar surface area (TPSA) is 45.7 Å². The molecular weight excluding hydrogens is 389 g/mol. The largest absolute Gasteiger partial charge is 0.379 e. The van der Waals surface area contributed by atoms with Crippen LogP contribution >= 0.6 is 11.3 Å². The first kappa shape index (κ1) is 19.9. The molecule has 29 heavy (non-hydrogen) atoms. The van der Waals surface area contributed by atoms with Crippen molar-refractivity contribution in [2.45, 2.75) is 12.8 Å². The van der Waals surface area contributed by atoms with Gasteiger partial charge < -0.3 is 4.74 Å². The van der Waals surface area contributed by atoms with Gasteiger partial charge in [-0.1, -0.05) is 47.7 Å². The molecule has 152 valence electrons. The number of benzene rings is 2. The Morgan fingerprint density at radius 1 is 1.14 bits per heavy atom. The van der Waals surface area contributed by atoms with Crippen LogP contribution in [0.5, 0.6) is 0 Å². The van der Waals surface area contributed by atoms with Crippen LogP contribution in [0.2, 0.25) is 0 Å². The summed E-state index contributed by atoms with van der Waals surface area (Å²) in [7, 11) is 0. The zero-order valence-electron chi connectivity index (χ0n) is 16.2. The van der Waals surface area contributed by atoms with Crippen LogP contribution in [0.25, 0.3) is 10.2 Å². The van der Waals surface area contributed by atoms with Crippen molar-refractivity contribution in [1.29, 1.82) is 0 Å². The molecule has 0 aliphatic carbocycles. The number of ether oxygens (including phenoxy) is 1. The highest BCUT2D eigenvalue weighted by atomic mass is 32.1. The summed E-state index contributed by atoms with van der Waals surface area (Å²) in [6, 6.07) is 14.9. The molecular formula is C22H24FN3O2S. The van der Waals surface area contributed by atoms with Crippen molar-refractivity contribution in [3.8, 4) is 0 Å². The zero-order chi connectivity index (χ0) is 20.1. The molecule has 5 nitrogen and oxygen atoms in total. The summed E-state index contributed by atoms with van der Waals surface area (Å²) in [5.74, 6) is -0.337. The van der Waals surface area contributed by atoms with Crippen LogP contribution in [0, 0.1) is 5.82 Å². The van der Waals surface area contributed by atoms with Crippen molar-refractivity contribution in [1.82, 2.24) is 9.88 Å². The van der Waals surface area contributed by atoms with E-state index < -0.39 is 0 Å². The number of morpholine rings is 1. The van der Waals surface area contributed by atoms with Gasteiger partial charge in [0.05, 0.1) is 17.9 Å². The number of aryl methyl sites for hydroxylation is 1. The van der Waals surface area contributed by atoms with Crippen molar-refractivity contribution < 1.29 is 13.9 Å². The van der Waals surface area contributed by atoms with E-state index in [0.29, 0.717) is 43.2 Å². The van der Waals surface area contributed by atoms with Gasteiger partial charge >= 0.3 is 0 Å². The third-order valence-electron chi connectivity index (χ3n) is 5.10. The standard InChI is InChI=1S/C22H24FN3O2S/c23-18-7-4-8-19-21(18)24-22(29-19)26(12-11-25-13-15-28-16-14-25)20(27)10-9-17-5-2-1-3-6-17/h1-8H,9-16H2. The van der Waals surface area contributed by atoms with E-state index in [-0.39, 0.29) is 11.7 Å². The Labute approximate surface area is 173 Å². The van der Waals surface area contributed by atoms with Gasteiger partial charge in [-0.05, 0) is 24.1 Å². The molecule has 7 heteroatoms. The minimum absolute atomic E-state index is 0.0153. The number of fused-ring (bicyclic) bond motifs is 1. The highest BCUT2D eigenvalue weighted by Crippen LogP contribution is 2.30. The summed E-state index contributed by atoms with van der Waals surface area (Å²) >= 11 is 1.37. The molecule has 0 radical (unpaired) electrons. The molecule has 1 fully saturated rings. The first-order valence-corrected chi connectivity index (χ1v) is 10.7. The molecule has 3 aromatic rings. The fourth-order valence-corrected chi connectivity index (χ4v) is 4.47. The lowest BCUT2D eigenvalue weighted by Crippen LogP contribution is -2.43. The zero-order valence-corrected chi connectivity index (χ0v) is 17.0. The Balaban J connectivity index is 1.52. The lowest BCUT2D eigenvalue weighted by molar-refractivity contribution is -0.118. The summed E-state index contributed by atoms with van der Waals surface area (Å²) in [5.41, 5.74) is 1.46. The van der Waals surface area contributed by atoms with Gasteiger partial charge in [0.15, 0.2) is 5.13 Å². The quantitative estimate of drug-likeness (QED) is 0.592. The van der Waals surface area contributed by atoms with Crippen molar-refractivity contribution >= 4 is 32.6 Å². The molecule has 1 amide bonds. The first-order chi connectivity index (χ1) is 14.2. The molecule has 0 saturated carbocycles. The van der Waals surface area contributed by atoms with Gasteiger partial charge in [-0.3, -0.25) is 14.6 Å². The Morgan fingerprint density at radius 2 is 1.93 bits per heavy atom. The maximum absolute atomic E-state index is 14.1. The van der Waals surface area contributed by atoms with E-state index in [2.05, 4.69) is 9.88 Å². The maximum Gasteiger partial charge on any atom is 0.229 e. The van der Waals surface area contributed by atoms with Crippen LogP contribution in [-0.4, -0.2) is 55.2 Å². The molecule has 1 saturated heterocycles. The number of anilines is 1. The lowest BCUT2D eigenvalue weighted by Gasteiger charge is -2.29. The number of rotatable bonds is 7. The molecule has 0 spiro atoms. The minimum Gasteiger partial charge on any atom is -0.379 e. The fourth-order valence-electron chi connectivity index (χ4n) is 3.44. The molecule has 2 heterocycles. The van der Waals surface area contributed by atoms with Crippen molar-refractivity contribution in [3.05, 3.63) is 59.9 Å². The van der Waals surface area contributed by atoms with Gasteiger partial charge in [-0.2, -0.15) is 0 Å². The van der Waals surface area contributed by atoms with Gasteiger partial charge in [-0.25, -0.2) is 9.37 Å². The molecule has 4 rings (SSSR count). The van der Waals surface area contributed by atoms with E-state index in [9.17, 15) is 9.18 Å². The summed E-state index contributed by atoms with van der Waals surface area (Å²) in [4.78, 5) is 21.6. The number of halogens is 1. The number of para-hydroxylation sites is 1. The molecule has 0 atom stereocenters. The molecule has 2 aromatic carbocycles. The number of hydrogen-bond acceptors (Lipinski definition) is 5. The van der Waals surface area contributed by atoms with Crippen molar-refractivity contribution in [2.75, 3.05) is 44.3 Å². The van der Waals surface area contributed by atoms with Crippen LogP contribution in [0.15, 0.2) is 48.5 Å². The second kappa shape index (κ2) is 9.43. The number of hydrogen-bond donors (Lipinski definition) is 0. The summed E-state index contributed by atoms with van der Waals surface area (Å²) in [6.45, 7) is 4.44. The molecule has 0 bridgehead atoms. The van der Waals surface area contributed by atoms with E-state index >= 15 is 0 Å². The first-order valence-electron chi connectivity index (χ1n) is 9.90. The third-order valence-corrected chi connectivity index (χ3v) is 6.15. The van der Waals surface area contributed by atoms with E-state index in [1.165, 1.54) is 17.4 Å². The van der Waals surface area contributed by atoms with Crippen LogP contribution in [0.3, 0.4) is 0 Å². The van der Waals surface area contributed by atoms with Crippen LogP contribution in [-0.2, 0) is 16.0 Å². The Morgan fingerprint density at radius 3 is 2.69 bits per heavy atom. The summed E-state index contributed by atoms with van der Waals surface area (Å²) < 4.78 is 20.3. The average Bonchev–Trinajstić information content (AvgIpc) is 3.19. The Hall–Kier alpha value is -2.35. The number of amides is 1. The predicted octanol–water partition coefficient (Wildman–Crippen LogP) is 3.73. The average molecular weight is 414 g/mol. The summed E-state index contributed by atoms with van der Waals surface area (Å²) in [5, 5.41) is 0.566. The maximum atomic E-state index is 14.1. The van der Waals surface area contributed by atoms with Crippen LogP contribution in [0.4, 0.5) is 9.52 Å². The fraction of sp³-hybridized carbons (Fsp3) is 0.364. The second-order valence-corrected chi connectivity index (χ2v) is 8.08. The lowest BCUT2D eigenvalue weighted by atomic mass is 10.1. The van der Waals surface area contributed by atoms with E-state index in [1.54, 1.807) is 11.0 Å². The number of thiazole rings is 1. The van der Waals surface area contributed by atoms with Gasteiger partial charge in [-0.15, -0.1) is 0 Å². The third kappa shape index (κ3) is 4.98. The number of aromatic nitrogens is 1. The monoisotopic (exact) mass is 413 g/mol. The summed E-state index contributed by atoms with van der Waals surface area (Å²) in [6.07, 6.45) is 1.07.